The van der Waals surface area contributed by atoms with Crippen LogP contribution >= 0.6 is 0 Å². The van der Waals surface area contributed by atoms with E-state index < -0.39 is 0 Å². The number of H-pyrrole nitrogens is 1. The molecule has 5 rings (SSSR count). The Kier molecular flexibility index (Phi) is 3.64. The van der Waals surface area contributed by atoms with Gasteiger partial charge in [0.1, 0.15) is 5.82 Å². The number of aryl methyl sites for hydroxylation is 1. The van der Waals surface area contributed by atoms with Gasteiger partial charge in [0.05, 0.1) is 5.41 Å². The number of fused-ring (bicyclic) bond motifs is 1. The van der Waals surface area contributed by atoms with Gasteiger partial charge in [-0.2, -0.15) is 5.10 Å². The van der Waals surface area contributed by atoms with Gasteiger partial charge in [-0.3, -0.25) is 9.89 Å². The number of aromatic amines is 1. The summed E-state index contributed by atoms with van der Waals surface area (Å²) in [6.45, 7) is 6.65. The fraction of sp³-hybridized carbons (Fsp3) is 0.550. The number of amides is 1. The summed E-state index contributed by atoms with van der Waals surface area (Å²) >= 11 is 0. The first-order valence-corrected chi connectivity index (χ1v) is 9.60. The van der Waals surface area contributed by atoms with E-state index in [1.54, 1.807) is 0 Å². The Morgan fingerprint density at radius 3 is 2.73 bits per heavy atom. The molecule has 136 valence electrons. The summed E-state index contributed by atoms with van der Waals surface area (Å²) in [5, 5.41) is 7.54. The van der Waals surface area contributed by atoms with Crippen molar-refractivity contribution in [3.05, 3.63) is 47.5 Å². The molecule has 3 aliphatic rings. The minimum absolute atomic E-state index is 0.125. The third kappa shape index (κ3) is 2.63. The summed E-state index contributed by atoms with van der Waals surface area (Å²) < 4.78 is 0. The number of hydrogen-bond acceptors (Lipinski definition) is 4. The van der Waals surface area contributed by atoms with Gasteiger partial charge in [-0.15, -0.1) is 0 Å². The minimum atomic E-state index is -0.135. The van der Waals surface area contributed by atoms with Gasteiger partial charge in [0.2, 0.25) is 0 Å². The van der Waals surface area contributed by atoms with Crippen molar-refractivity contribution in [3.63, 3.8) is 0 Å². The highest BCUT2D eigenvalue weighted by Crippen LogP contribution is 2.45. The highest BCUT2D eigenvalue weighted by molar-refractivity contribution is 5.94. The van der Waals surface area contributed by atoms with Gasteiger partial charge in [-0.1, -0.05) is 18.2 Å². The number of likely N-dealkylation sites (tertiary alicyclic amines) is 2. The van der Waals surface area contributed by atoms with Crippen LogP contribution in [0, 0.1) is 18.8 Å². The lowest BCUT2D eigenvalue weighted by Crippen LogP contribution is -2.41. The van der Waals surface area contributed by atoms with E-state index in [2.05, 4.69) is 15.1 Å². The second kappa shape index (κ2) is 5.91. The van der Waals surface area contributed by atoms with E-state index in [9.17, 15) is 4.79 Å². The lowest BCUT2D eigenvalue weighted by molar-refractivity contribution is 0.0769. The van der Waals surface area contributed by atoms with Crippen LogP contribution in [0.25, 0.3) is 0 Å². The molecule has 1 aromatic carbocycles. The third-order valence-electron chi connectivity index (χ3n) is 6.24. The maximum Gasteiger partial charge on any atom is 0.253 e. The number of nitrogens with one attached hydrogen (secondary N) is 1. The molecule has 1 aromatic heterocycles. The first-order valence-electron chi connectivity index (χ1n) is 9.60. The molecule has 2 atom stereocenters. The number of carbonyl (C=O) groups excluding carboxylic acids is 1. The Hall–Kier alpha value is -2.21. The second-order valence-electron chi connectivity index (χ2n) is 8.29. The van der Waals surface area contributed by atoms with Crippen molar-refractivity contribution in [1.29, 1.82) is 0 Å². The van der Waals surface area contributed by atoms with Gasteiger partial charge in [0, 0.05) is 44.2 Å². The summed E-state index contributed by atoms with van der Waals surface area (Å²) in [5.41, 5.74) is 0.632. The monoisotopic (exact) mass is 351 g/mol. The molecular formula is C20H25N5O. The fourth-order valence-corrected chi connectivity index (χ4v) is 4.77. The molecule has 2 aromatic rings. The molecular weight excluding hydrogens is 326 g/mol. The quantitative estimate of drug-likeness (QED) is 0.913. The lowest BCUT2D eigenvalue weighted by Gasteiger charge is -2.27. The Morgan fingerprint density at radius 2 is 2.04 bits per heavy atom. The number of benzene rings is 1. The van der Waals surface area contributed by atoms with E-state index in [0.29, 0.717) is 12.5 Å². The number of aromatic nitrogens is 3. The van der Waals surface area contributed by atoms with Crippen LogP contribution in [0.1, 0.15) is 34.8 Å². The molecule has 0 spiro atoms. The molecule has 3 fully saturated rings. The zero-order valence-electron chi connectivity index (χ0n) is 15.2. The predicted octanol–water partition coefficient (Wildman–Crippen LogP) is 1.85. The van der Waals surface area contributed by atoms with Crippen LogP contribution in [0.5, 0.6) is 0 Å². The van der Waals surface area contributed by atoms with Crippen molar-refractivity contribution >= 4 is 5.91 Å². The topological polar surface area (TPSA) is 65.1 Å². The van der Waals surface area contributed by atoms with Crippen LogP contribution in [-0.4, -0.2) is 63.6 Å². The van der Waals surface area contributed by atoms with Crippen LogP contribution < -0.4 is 0 Å². The predicted molar refractivity (Wildman–Crippen MR) is 97.8 cm³/mol. The molecule has 6 heteroatoms. The number of carbonyl (C=O) groups is 1. The first-order chi connectivity index (χ1) is 12.6. The van der Waals surface area contributed by atoms with Crippen LogP contribution in [0.3, 0.4) is 0 Å². The van der Waals surface area contributed by atoms with Crippen molar-refractivity contribution in [1.82, 2.24) is 25.0 Å². The summed E-state index contributed by atoms with van der Waals surface area (Å²) in [6, 6.07) is 9.61. The Labute approximate surface area is 153 Å². The van der Waals surface area contributed by atoms with Crippen LogP contribution in [0.4, 0.5) is 0 Å². The average Bonchev–Trinajstić information content (AvgIpc) is 3.07. The lowest BCUT2D eigenvalue weighted by atomic mass is 9.80. The molecule has 3 heterocycles. The molecule has 1 aliphatic carbocycles. The molecule has 1 N–H and O–H groups in total. The Balaban J connectivity index is 1.42. The molecule has 1 saturated carbocycles. The molecule has 0 bridgehead atoms. The van der Waals surface area contributed by atoms with E-state index in [4.69, 9.17) is 4.98 Å². The average molecular weight is 351 g/mol. The van der Waals surface area contributed by atoms with Gasteiger partial charge < -0.3 is 9.80 Å². The van der Waals surface area contributed by atoms with Gasteiger partial charge in [-0.05, 0) is 37.8 Å². The number of hydrogen-bond donors (Lipinski definition) is 1. The van der Waals surface area contributed by atoms with E-state index in [1.165, 1.54) is 19.4 Å². The molecule has 6 nitrogen and oxygen atoms in total. The summed E-state index contributed by atoms with van der Waals surface area (Å²) in [6.07, 6.45) is 2.74. The highest BCUT2D eigenvalue weighted by Gasteiger charge is 2.57. The van der Waals surface area contributed by atoms with Crippen molar-refractivity contribution in [2.45, 2.75) is 25.2 Å². The summed E-state index contributed by atoms with van der Waals surface area (Å²) in [7, 11) is 0. The minimum Gasteiger partial charge on any atom is -0.337 e. The summed E-state index contributed by atoms with van der Waals surface area (Å²) in [5.74, 6) is 3.15. The van der Waals surface area contributed by atoms with Crippen LogP contribution in [0.15, 0.2) is 30.3 Å². The van der Waals surface area contributed by atoms with Crippen molar-refractivity contribution in [3.8, 4) is 0 Å². The molecule has 26 heavy (non-hydrogen) atoms. The Morgan fingerprint density at radius 1 is 1.23 bits per heavy atom. The first kappa shape index (κ1) is 16.0. The van der Waals surface area contributed by atoms with Gasteiger partial charge in [-0.25, -0.2) is 4.98 Å². The van der Waals surface area contributed by atoms with Gasteiger partial charge in [0.25, 0.3) is 5.91 Å². The van der Waals surface area contributed by atoms with Crippen molar-refractivity contribution in [2.24, 2.45) is 11.8 Å². The van der Waals surface area contributed by atoms with E-state index >= 15 is 0 Å². The highest BCUT2D eigenvalue weighted by atomic mass is 16.2. The molecule has 2 aliphatic heterocycles. The standard InChI is InChI=1S/C20H25N5O/c1-14-21-19(23-22-14)20-12-24(9-15-7-8-15)10-17(20)11-25(13-20)18(26)16-5-3-2-4-6-16/h2-6,15,17H,7-13H2,1H3,(H,21,22,23)/t17-,20-/m1/s1. The van der Waals surface area contributed by atoms with Crippen LogP contribution in [0.2, 0.25) is 0 Å². The number of rotatable bonds is 4. The smallest absolute Gasteiger partial charge is 0.253 e. The summed E-state index contributed by atoms with van der Waals surface area (Å²) in [4.78, 5) is 22.3. The van der Waals surface area contributed by atoms with Gasteiger partial charge >= 0.3 is 0 Å². The Bertz CT molecular complexity index is 815. The zero-order chi connectivity index (χ0) is 17.7. The number of nitrogens with zero attached hydrogens (tertiary/aromatic N) is 4. The van der Waals surface area contributed by atoms with E-state index in [1.807, 2.05) is 42.2 Å². The molecule has 1 amide bonds. The largest absolute Gasteiger partial charge is 0.337 e. The zero-order valence-corrected chi connectivity index (χ0v) is 15.2. The molecule has 0 unspecified atom stereocenters. The van der Waals surface area contributed by atoms with E-state index in [-0.39, 0.29) is 11.3 Å². The second-order valence-corrected chi connectivity index (χ2v) is 8.29. The maximum absolute atomic E-state index is 13.0. The fourth-order valence-electron chi connectivity index (χ4n) is 4.77. The SMILES string of the molecule is Cc1nc([C@@]23CN(CC4CC4)C[C@@H]2CN(C(=O)c2ccccc2)C3)n[nH]1. The van der Waals surface area contributed by atoms with Crippen molar-refractivity contribution in [2.75, 3.05) is 32.7 Å². The van der Waals surface area contributed by atoms with E-state index in [0.717, 1.165) is 42.8 Å². The van der Waals surface area contributed by atoms with Gasteiger partial charge in [0.15, 0.2) is 5.82 Å². The maximum atomic E-state index is 13.0. The van der Waals surface area contributed by atoms with Crippen LogP contribution in [-0.2, 0) is 5.41 Å². The normalized spacial score (nSPS) is 28.5. The van der Waals surface area contributed by atoms with Crippen molar-refractivity contribution < 1.29 is 4.79 Å². The molecule has 0 radical (unpaired) electrons. The third-order valence-corrected chi connectivity index (χ3v) is 6.24. The molecule has 2 saturated heterocycles.